The second-order valence-corrected chi connectivity index (χ2v) is 5.86. The van der Waals surface area contributed by atoms with Crippen LogP contribution >= 0.6 is 0 Å². The molecule has 2 amide bonds. The summed E-state index contributed by atoms with van der Waals surface area (Å²) in [6, 6.07) is 3.43. The summed E-state index contributed by atoms with van der Waals surface area (Å²) in [5.74, 6) is 1.04. The average molecular weight is 292 g/mol. The van der Waals surface area contributed by atoms with Gasteiger partial charge in [-0.3, -0.25) is 9.59 Å². The van der Waals surface area contributed by atoms with Crippen molar-refractivity contribution in [2.75, 3.05) is 6.54 Å². The minimum atomic E-state index is -0.387. The van der Waals surface area contributed by atoms with Gasteiger partial charge in [-0.2, -0.15) is 0 Å². The van der Waals surface area contributed by atoms with Crippen LogP contribution in [0.4, 0.5) is 0 Å². The van der Waals surface area contributed by atoms with Crippen LogP contribution in [-0.2, 0) is 16.0 Å². The van der Waals surface area contributed by atoms with Gasteiger partial charge >= 0.3 is 0 Å². The molecular weight excluding hydrogens is 268 g/mol. The maximum Gasteiger partial charge on any atom is 0.246 e. The Kier molecular flexibility index (Phi) is 5.04. The zero-order valence-corrected chi connectivity index (χ0v) is 13.0. The Bertz CT molecular complexity index is 484. The Balaban J connectivity index is 1.99. The lowest BCUT2D eigenvalue weighted by atomic mass is 9.95. The predicted octanol–water partition coefficient (Wildman–Crippen LogP) is 1.97. The standard InChI is InChI=1S/C16H24N2O3/c1-4-11(2)15-16(20)18(10-14(19)17-15)12(3)7-8-13-6-5-9-21-13/h5-6,9,11-12,15H,4,7-8,10H2,1-3H3,(H,17,19). The largest absolute Gasteiger partial charge is 0.469 e. The van der Waals surface area contributed by atoms with E-state index in [1.165, 1.54) is 0 Å². The normalized spacial score (nSPS) is 22.0. The number of nitrogens with one attached hydrogen (secondary N) is 1. The lowest BCUT2D eigenvalue weighted by Gasteiger charge is -2.38. The second kappa shape index (κ2) is 6.78. The number of carbonyl (C=O) groups excluding carboxylic acids is 2. The topological polar surface area (TPSA) is 62.6 Å². The van der Waals surface area contributed by atoms with E-state index >= 15 is 0 Å². The molecule has 1 fully saturated rings. The third-order valence-corrected chi connectivity index (χ3v) is 4.31. The summed E-state index contributed by atoms with van der Waals surface area (Å²) in [5.41, 5.74) is 0. The Hall–Kier alpha value is -1.78. The highest BCUT2D eigenvalue weighted by molar-refractivity contribution is 5.95. The van der Waals surface area contributed by atoms with Crippen LogP contribution in [0.5, 0.6) is 0 Å². The molecule has 116 valence electrons. The molecule has 1 aromatic heterocycles. The molecule has 2 heterocycles. The maximum atomic E-state index is 12.6. The van der Waals surface area contributed by atoms with Gasteiger partial charge in [-0.05, 0) is 31.4 Å². The molecule has 0 spiro atoms. The number of amides is 2. The first-order valence-corrected chi connectivity index (χ1v) is 7.65. The lowest BCUT2D eigenvalue weighted by molar-refractivity contribution is -0.148. The van der Waals surface area contributed by atoms with Gasteiger partial charge in [0.05, 0.1) is 12.8 Å². The van der Waals surface area contributed by atoms with Gasteiger partial charge in [0, 0.05) is 12.5 Å². The summed E-state index contributed by atoms with van der Waals surface area (Å²) in [7, 11) is 0. The highest BCUT2D eigenvalue weighted by Crippen LogP contribution is 2.18. The number of piperazine rings is 1. The Morgan fingerprint density at radius 2 is 2.19 bits per heavy atom. The molecule has 1 saturated heterocycles. The van der Waals surface area contributed by atoms with Crippen molar-refractivity contribution in [1.82, 2.24) is 10.2 Å². The van der Waals surface area contributed by atoms with Gasteiger partial charge in [-0.25, -0.2) is 0 Å². The Labute approximate surface area is 125 Å². The van der Waals surface area contributed by atoms with Gasteiger partial charge in [0.25, 0.3) is 0 Å². The molecule has 0 aliphatic carbocycles. The van der Waals surface area contributed by atoms with Crippen LogP contribution in [0.2, 0.25) is 0 Å². The molecule has 5 nitrogen and oxygen atoms in total. The minimum absolute atomic E-state index is 0.0280. The number of rotatable bonds is 6. The van der Waals surface area contributed by atoms with Crippen LogP contribution in [0.15, 0.2) is 22.8 Å². The molecule has 3 unspecified atom stereocenters. The van der Waals surface area contributed by atoms with Crippen molar-refractivity contribution >= 4 is 11.8 Å². The first-order valence-electron chi connectivity index (χ1n) is 7.65. The van der Waals surface area contributed by atoms with Crippen molar-refractivity contribution in [1.29, 1.82) is 0 Å². The highest BCUT2D eigenvalue weighted by atomic mass is 16.3. The van der Waals surface area contributed by atoms with E-state index in [1.807, 2.05) is 32.9 Å². The van der Waals surface area contributed by atoms with E-state index in [4.69, 9.17) is 4.42 Å². The molecule has 0 bridgehead atoms. The summed E-state index contributed by atoms with van der Waals surface area (Å²) in [6.07, 6.45) is 4.08. The number of aryl methyl sites for hydroxylation is 1. The molecule has 3 atom stereocenters. The molecule has 1 aliphatic heterocycles. The monoisotopic (exact) mass is 292 g/mol. The fourth-order valence-corrected chi connectivity index (χ4v) is 2.65. The van der Waals surface area contributed by atoms with Crippen molar-refractivity contribution in [3.8, 4) is 0 Å². The summed E-state index contributed by atoms with van der Waals surface area (Å²) >= 11 is 0. The summed E-state index contributed by atoms with van der Waals surface area (Å²) < 4.78 is 5.31. The number of hydrogen-bond donors (Lipinski definition) is 1. The van der Waals surface area contributed by atoms with Crippen molar-refractivity contribution in [2.45, 2.75) is 52.1 Å². The number of hydrogen-bond acceptors (Lipinski definition) is 3. The first-order chi connectivity index (χ1) is 10.0. The fraction of sp³-hybridized carbons (Fsp3) is 0.625. The summed E-state index contributed by atoms with van der Waals surface area (Å²) in [4.78, 5) is 26.1. The SMILES string of the molecule is CCC(C)C1NC(=O)CN(C(C)CCc2ccco2)C1=O. The second-order valence-electron chi connectivity index (χ2n) is 5.86. The van der Waals surface area contributed by atoms with Crippen molar-refractivity contribution < 1.29 is 14.0 Å². The molecule has 5 heteroatoms. The van der Waals surface area contributed by atoms with Gasteiger partial charge in [0.2, 0.25) is 11.8 Å². The Morgan fingerprint density at radius 3 is 2.81 bits per heavy atom. The van der Waals surface area contributed by atoms with Gasteiger partial charge in [-0.15, -0.1) is 0 Å². The molecule has 0 aromatic carbocycles. The predicted molar refractivity (Wildman–Crippen MR) is 79.6 cm³/mol. The first kappa shape index (κ1) is 15.6. The van der Waals surface area contributed by atoms with Crippen molar-refractivity contribution in [3.63, 3.8) is 0 Å². The molecule has 0 radical (unpaired) electrons. The van der Waals surface area contributed by atoms with E-state index < -0.39 is 0 Å². The molecule has 1 aliphatic rings. The third-order valence-electron chi connectivity index (χ3n) is 4.31. The number of furan rings is 1. The van der Waals surface area contributed by atoms with E-state index in [0.29, 0.717) is 0 Å². The fourth-order valence-electron chi connectivity index (χ4n) is 2.65. The zero-order valence-electron chi connectivity index (χ0n) is 13.0. The quantitative estimate of drug-likeness (QED) is 0.872. The van der Waals surface area contributed by atoms with E-state index in [9.17, 15) is 9.59 Å². The zero-order chi connectivity index (χ0) is 15.4. The average Bonchev–Trinajstić information content (AvgIpc) is 2.99. The molecular formula is C16H24N2O3. The van der Waals surface area contributed by atoms with Crippen LogP contribution in [0.3, 0.4) is 0 Å². The maximum absolute atomic E-state index is 12.6. The third kappa shape index (κ3) is 3.65. The van der Waals surface area contributed by atoms with Crippen molar-refractivity contribution in [3.05, 3.63) is 24.2 Å². The smallest absolute Gasteiger partial charge is 0.246 e. The highest BCUT2D eigenvalue weighted by Gasteiger charge is 2.37. The van der Waals surface area contributed by atoms with Gasteiger partial charge in [-0.1, -0.05) is 20.3 Å². The van der Waals surface area contributed by atoms with Crippen LogP contribution in [0.25, 0.3) is 0 Å². The van der Waals surface area contributed by atoms with Crippen molar-refractivity contribution in [2.24, 2.45) is 5.92 Å². The summed E-state index contributed by atoms with van der Waals surface area (Å²) in [5, 5.41) is 2.82. The van der Waals surface area contributed by atoms with Crippen LogP contribution in [-0.4, -0.2) is 35.3 Å². The van der Waals surface area contributed by atoms with Gasteiger partial charge < -0.3 is 14.6 Å². The molecule has 21 heavy (non-hydrogen) atoms. The van der Waals surface area contributed by atoms with Crippen LogP contribution in [0, 0.1) is 5.92 Å². The molecule has 0 saturated carbocycles. The van der Waals surface area contributed by atoms with E-state index in [-0.39, 0.29) is 36.4 Å². The van der Waals surface area contributed by atoms with Gasteiger partial charge in [0.15, 0.2) is 0 Å². The minimum Gasteiger partial charge on any atom is -0.469 e. The Morgan fingerprint density at radius 1 is 1.43 bits per heavy atom. The van der Waals surface area contributed by atoms with Crippen LogP contribution in [0.1, 0.15) is 39.4 Å². The van der Waals surface area contributed by atoms with E-state index in [1.54, 1.807) is 11.2 Å². The molecule has 2 rings (SSSR count). The molecule has 1 aromatic rings. The molecule has 1 N–H and O–H groups in total. The number of nitrogens with zero attached hydrogens (tertiary/aromatic N) is 1. The summed E-state index contributed by atoms with van der Waals surface area (Å²) in [6.45, 7) is 6.18. The van der Waals surface area contributed by atoms with E-state index in [2.05, 4.69) is 5.32 Å². The van der Waals surface area contributed by atoms with Crippen LogP contribution < -0.4 is 5.32 Å². The van der Waals surface area contributed by atoms with Gasteiger partial charge in [0.1, 0.15) is 11.8 Å². The lowest BCUT2D eigenvalue weighted by Crippen LogP contribution is -2.62. The number of carbonyl (C=O) groups is 2. The van der Waals surface area contributed by atoms with E-state index in [0.717, 1.165) is 25.0 Å².